The van der Waals surface area contributed by atoms with Crippen LogP contribution in [0, 0.1) is 11.2 Å². The number of ether oxygens (including phenoxy) is 1. The largest absolute Gasteiger partial charge is 0.493 e. The monoisotopic (exact) mass is 339 g/mol. The van der Waals surface area contributed by atoms with Crippen molar-refractivity contribution in [1.82, 2.24) is 0 Å². The van der Waals surface area contributed by atoms with Gasteiger partial charge < -0.3 is 4.74 Å². The lowest BCUT2D eigenvalue weighted by Crippen LogP contribution is -2.33. The highest BCUT2D eigenvalue weighted by molar-refractivity contribution is 9.10. The molecular formula is C11H15BrFNO3S. The Labute approximate surface area is 115 Å². The van der Waals surface area contributed by atoms with Gasteiger partial charge >= 0.3 is 0 Å². The SMILES string of the molecule is CC(C)(COc1ccc(Br)c(F)c1)CS(N)(=O)=O. The van der Waals surface area contributed by atoms with Crippen molar-refractivity contribution in [2.75, 3.05) is 12.4 Å². The molecule has 0 aliphatic carbocycles. The lowest BCUT2D eigenvalue weighted by molar-refractivity contribution is 0.199. The van der Waals surface area contributed by atoms with Gasteiger partial charge in [-0.2, -0.15) is 0 Å². The predicted octanol–water partition coefficient (Wildman–Crippen LogP) is 2.28. The molecule has 1 aromatic rings. The fourth-order valence-electron chi connectivity index (χ4n) is 1.43. The van der Waals surface area contributed by atoms with Gasteiger partial charge in [0, 0.05) is 11.5 Å². The molecule has 0 aliphatic heterocycles. The van der Waals surface area contributed by atoms with Crippen molar-refractivity contribution in [2.24, 2.45) is 10.6 Å². The molecule has 1 aromatic carbocycles. The van der Waals surface area contributed by atoms with Crippen LogP contribution in [0.2, 0.25) is 0 Å². The minimum Gasteiger partial charge on any atom is -0.493 e. The van der Waals surface area contributed by atoms with Gasteiger partial charge in [0.1, 0.15) is 11.6 Å². The van der Waals surface area contributed by atoms with Gasteiger partial charge in [0.2, 0.25) is 10.0 Å². The van der Waals surface area contributed by atoms with Crippen molar-refractivity contribution in [3.05, 3.63) is 28.5 Å². The molecule has 0 unspecified atom stereocenters. The molecule has 0 aliphatic rings. The van der Waals surface area contributed by atoms with Crippen LogP contribution in [0.4, 0.5) is 4.39 Å². The Morgan fingerprint density at radius 2 is 2.06 bits per heavy atom. The Balaban J connectivity index is 2.67. The molecule has 102 valence electrons. The number of primary sulfonamides is 1. The van der Waals surface area contributed by atoms with Gasteiger partial charge in [-0.3, -0.25) is 0 Å². The number of sulfonamides is 1. The highest BCUT2D eigenvalue weighted by Crippen LogP contribution is 2.23. The number of nitrogens with two attached hydrogens (primary N) is 1. The molecule has 0 radical (unpaired) electrons. The van der Waals surface area contributed by atoms with Crippen molar-refractivity contribution >= 4 is 26.0 Å². The Hall–Kier alpha value is -0.660. The van der Waals surface area contributed by atoms with E-state index in [0.717, 1.165) is 0 Å². The van der Waals surface area contributed by atoms with Crippen molar-refractivity contribution in [3.63, 3.8) is 0 Å². The fraction of sp³-hybridized carbons (Fsp3) is 0.455. The van der Waals surface area contributed by atoms with Gasteiger partial charge in [0.25, 0.3) is 0 Å². The van der Waals surface area contributed by atoms with Crippen molar-refractivity contribution in [1.29, 1.82) is 0 Å². The van der Waals surface area contributed by atoms with Crippen LogP contribution in [0.5, 0.6) is 5.75 Å². The van der Waals surface area contributed by atoms with Crippen LogP contribution in [0.25, 0.3) is 0 Å². The number of halogens is 2. The summed E-state index contributed by atoms with van der Waals surface area (Å²) in [6.45, 7) is 3.56. The van der Waals surface area contributed by atoms with Crippen LogP contribution in [-0.4, -0.2) is 20.8 Å². The van der Waals surface area contributed by atoms with Gasteiger partial charge in [0.15, 0.2) is 0 Å². The molecule has 0 saturated heterocycles. The predicted molar refractivity (Wildman–Crippen MR) is 71.4 cm³/mol. The van der Waals surface area contributed by atoms with Gasteiger partial charge in [-0.25, -0.2) is 17.9 Å². The molecule has 0 atom stereocenters. The number of benzene rings is 1. The first kappa shape index (κ1) is 15.4. The van der Waals surface area contributed by atoms with E-state index in [1.165, 1.54) is 12.1 Å². The van der Waals surface area contributed by atoms with Gasteiger partial charge in [0.05, 0.1) is 16.8 Å². The first-order valence-electron chi connectivity index (χ1n) is 5.17. The minimum absolute atomic E-state index is 0.129. The summed E-state index contributed by atoms with van der Waals surface area (Å²) in [6, 6.07) is 4.36. The molecule has 7 heteroatoms. The highest BCUT2D eigenvalue weighted by Gasteiger charge is 2.25. The van der Waals surface area contributed by atoms with E-state index < -0.39 is 21.3 Å². The first-order chi connectivity index (χ1) is 8.09. The normalized spacial score (nSPS) is 12.5. The number of rotatable bonds is 5. The summed E-state index contributed by atoms with van der Waals surface area (Å²) in [5.74, 6) is -0.283. The van der Waals surface area contributed by atoms with E-state index in [0.29, 0.717) is 10.2 Å². The fourth-order valence-corrected chi connectivity index (χ4v) is 2.85. The smallest absolute Gasteiger partial charge is 0.209 e. The third-order valence-electron chi connectivity index (χ3n) is 2.11. The van der Waals surface area contributed by atoms with Crippen LogP contribution < -0.4 is 9.88 Å². The highest BCUT2D eigenvalue weighted by atomic mass is 79.9. The van der Waals surface area contributed by atoms with E-state index in [2.05, 4.69) is 15.9 Å². The summed E-state index contributed by atoms with van der Waals surface area (Å²) in [6.07, 6.45) is 0. The Morgan fingerprint density at radius 1 is 1.44 bits per heavy atom. The van der Waals surface area contributed by atoms with E-state index in [1.807, 2.05) is 0 Å². The van der Waals surface area contributed by atoms with Gasteiger partial charge in [-0.15, -0.1) is 0 Å². The third-order valence-corrected chi connectivity index (χ3v) is 3.94. The standard InChI is InChI=1S/C11H15BrFNO3S/c1-11(2,7-18(14,15)16)6-17-8-3-4-9(12)10(13)5-8/h3-5H,6-7H2,1-2H3,(H2,14,15,16). The maximum atomic E-state index is 13.2. The molecule has 0 fully saturated rings. The maximum Gasteiger partial charge on any atom is 0.209 e. The topological polar surface area (TPSA) is 69.4 Å². The second-order valence-electron chi connectivity index (χ2n) is 4.84. The van der Waals surface area contributed by atoms with Gasteiger partial charge in [-0.05, 0) is 28.1 Å². The molecule has 0 bridgehead atoms. The van der Waals surface area contributed by atoms with Crippen molar-refractivity contribution in [3.8, 4) is 5.75 Å². The minimum atomic E-state index is -3.56. The Kier molecular flexibility index (Phi) is 4.74. The number of hydrogen-bond acceptors (Lipinski definition) is 3. The van der Waals surface area contributed by atoms with E-state index in [9.17, 15) is 12.8 Å². The zero-order valence-electron chi connectivity index (χ0n) is 10.1. The number of hydrogen-bond donors (Lipinski definition) is 1. The first-order valence-corrected chi connectivity index (χ1v) is 7.68. The average molecular weight is 340 g/mol. The quantitative estimate of drug-likeness (QED) is 0.894. The van der Waals surface area contributed by atoms with E-state index in [-0.39, 0.29) is 12.4 Å². The molecule has 1 rings (SSSR count). The lowest BCUT2D eigenvalue weighted by Gasteiger charge is -2.23. The van der Waals surface area contributed by atoms with Crippen LogP contribution in [0.15, 0.2) is 22.7 Å². The summed E-state index contributed by atoms with van der Waals surface area (Å²) >= 11 is 3.03. The van der Waals surface area contributed by atoms with Crippen LogP contribution >= 0.6 is 15.9 Å². The summed E-state index contributed by atoms with van der Waals surface area (Å²) in [4.78, 5) is 0. The van der Waals surface area contributed by atoms with Gasteiger partial charge in [-0.1, -0.05) is 13.8 Å². The van der Waals surface area contributed by atoms with Crippen molar-refractivity contribution < 1.29 is 17.5 Å². The molecule has 0 saturated carbocycles. The lowest BCUT2D eigenvalue weighted by atomic mass is 9.98. The maximum absolute atomic E-state index is 13.2. The summed E-state index contributed by atoms with van der Waals surface area (Å²) < 4.78 is 41.0. The summed E-state index contributed by atoms with van der Waals surface area (Å²) in [5.41, 5.74) is -0.642. The zero-order valence-corrected chi connectivity index (χ0v) is 12.5. The Bertz CT molecular complexity index is 531. The van der Waals surface area contributed by atoms with E-state index in [4.69, 9.17) is 9.88 Å². The molecule has 2 N–H and O–H groups in total. The molecule has 0 heterocycles. The van der Waals surface area contributed by atoms with Crippen LogP contribution in [0.1, 0.15) is 13.8 Å². The second-order valence-corrected chi connectivity index (χ2v) is 7.30. The van der Waals surface area contributed by atoms with E-state index >= 15 is 0 Å². The average Bonchev–Trinajstić information content (AvgIpc) is 2.16. The third kappa shape index (κ3) is 5.32. The van der Waals surface area contributed by atoms with Crippen molar-refractivity contribution in [2.45, 2.75) is 13.8 Å². The molecule has 0 aromatic heterocycles. The summed E-state index contributed by atoms with van der Waals surface area (Å²) in [5, 5.41) is 4.98. The van der Waals surface area contributed by atoms with Crippen LogP contribution in [-0.2, 0) is 10.0 Å². The molecule has 0 spiro atoms. The molecule has 4 nitrogen and oxygen atoms in total. The summed E-state index contributed by atoms with van der Waals surface area (Å²) in [7, 11) is -3.56. The molecule has 0 amide bonds. The zero-order chi connectivity index (χ0) is 14.0. The molecular weight excluding hydrogens is 325 g/mol. The van der Waals surface area contributed by atoms with E-state index in [1.54, 1.807) is 19.9 Å². The Morgan fingerprint density at radius 3 is 2.56 bits per heavy atom. The van der Waals surface area contributed by atoms with Crippen LogP contribution in [0.3, 0.4) is 0 Å². The molecule has 18 heavy (non-hydrogen) atoms. The second kappa shape index (κ2) is 5.54.